The highest BCUT2D eigenvalue weighted by Crippen LogP contribution is 1.90. The Morgan fingerprint density at radius 2 is 0.752 bits per heavy atom. The first-order valence-electron chi connectivity index (χ1n) is 37.1. The van der Waals surface area contributed by atoms with Gasteiger partial charge in [-0.25, -0.2) is 59.8 Å². The highest BCUT2D eigenvalue weighted by molar-refractivity contribution is 6.31. The molecule has 0 spiro atoms. The van der Waals surface area contributed by atoms with Gasteiger partial charge in [-0.2, -0.15) is 25.5 Å². The maximum atomic E-state index is 10.3. The standard InChI is InChI=1S/C5H5NO2.2C5H5NO.C4H4N2O2.5C4H4N2O.2C4H5NO.C4H5N.C3H3N3O2.C3H4N2O2.2C3H4N2O.3C3H4N2.2C2H3N3.3CH4/c7-4-2-1-3-5(8)6-4;2*7-5-3-1-2-4-6-5;7-3-1-5-2-4(8)6-3;7-4-3-5-1-2-6-4;2*7-4-1-2-5-3-6-4;2*7-4-2-1-3-5-6-4;2*6-4-1-2-5-3-4;1-2-4-5-3-1;7-2-1-4-6-3(8)5-2;6-2-1-4-3(7)5-2;2*6-3-1-4-2-5-3;3*1-2-5-3-4-1;2*1-3-2-5-4-1;;;/h1-2H,3H2,(H,6,7,8);2*1-4H,(H,6,7);1H,2H2,(H,6,7,8);1-3H,(H,6,7);2*1-3H,(H,5,6,7);2*1-3H,(H,6,7);2*1-2,5H,3H2;1-5H;1H,(H2,5,6,7,8);1H2,(H2,4,5,6,7);2*2H,1H2,(H,4,5,6);3*1-3H,(H,4,5);2*1-2H,(H,3,4,5);3*1H4. The van der Waals surface area contributed by atoms with E-state index in [9.17, 15) is 91.1 Å². The first kappa shape index (κ1) is 121. The number of nitrogens with zero attached hydrogens (tertiary/aromatic N) is 16. The lowest BCUT2D eigenvalue weighted by Crippen LogP contribution is -2.36. The fraction of sp³-hybridized carbons (Fsp3) is 0.127. The Hall–Kier alpha value is -20.6. The lowest BCUT2D eigenvalue weighted by atomic mass is 10.3. The summed E-state index contributed by atoms with van der Waals surface area (Å²) >= 11 is 0. The number of carbonyl (C=O) groups is 10. The number of aromatic nitrogens is 28. The SMILES string of the molecule is C.C.C.O=C1C=CCC(=O)N1.O=C1C=CNC1.O=C1C=CNC1.O=C1C=NCC(=O)N1.O=C1CN=CN1.O=C1CN=CN1.O=C1CNC(=O)N1.O=c1cccc[nH]1.O=c1cccc[nH]1.O=c1cccn[nH]1.O=c1cccn[nH]1.O=c1ccnc[nH]1.O=c1ccnc[nH]1.O=c1cn[nH]c(=O)[nH]1.O=c1cncc[nH]1.c1c[nH]cn1.c1c[nH]cn1.c1c[nH]cn1.c1cc[nH]c1.c1nc[nH]n1.c1nc[nH]n1. The summed E-state index contributed by atoms with van der Waals surface area (Å²) in [7, 11) is 0. The van der Waals surface area contributed by atoms with Crippen LogP contribution in [0, 0.1) is 0 Å². The van der Waals surface area contributed by atoms with E-state index in [1.807, 2.05) is 39.9 Å². The molecule has 0 radical (unpaired) electrons. The lowest BCUT2D eigenvalue weighted by Gasteiger charge is -2.00. The molecule has 7 aliphatic rings. The van der Waals surface area contributed by atoms with Crippen LogP contribution >= 0.6 is 0 Å². The molecule has 0 bridgehead atoms. The summed E-state index contributed by atoms with van der Waals surface area (Å²) < 4.78 is 0. The predicted octanol–water partition coefficient (Wildman–Crippen LogP) is -3.42. The van der Waals surface area contributed by atoms with E-state index in [1.54, 1.807) is 123 Å². The molecule has 1 fully saturated rings. The molecule has 14 aromatic heterocycles. The van der Waals surface area contributed by atoms with Gasteiger partial charge in [-0.1, -0.05) is 40.5 Å². The third-order valence-corrected chi connectivity index (χ3v) is 11.9. The minimum absolute atomic E-state index is 0. The lowest BCUT2D eigenvalue weighted by molar-refractivity contribution is -0.129. The Balaban J connectivity index is -0.00000138. The highest BCUT2D eigenvalue weighted by atomic mass is 16.2. The first-order valence-corrected chi connectivity index (χ1v) is 37.1. The molecule has 58 heteroatoms. The van der Waals surface area contributed by atoms with E-state index in [0.717, 1.165) is 12.4 Å². The number of aliphatic imine (C=N–C) groups is 3. The summed E-state index contributed by atoms with van der Waals surface area (Å²) in [4.78, 5) is 257. The number of aromatic amines is 15. The number of pyridine rings is 2. The largest absolute Gasteiger partial charge is 0.383 e. The van der Waals surface area contributed by atoms with Crippen molar-refractivity contribution in [3.63, 3.8) is 0 Å². The molecule has 137 heavy (non-hydrogen) atoms. The third kappa shape index (κ3) is 84.7. The summed E-state index contributed by atoms with van der Waals surface area (Å²) in [6.07, 6.45) is 55.4. The molecule has 0 aromatic carbocycles. The molecular formula is C79H99N39O19. The van der Waals surface area contributed by atoms with Crippen molar-refractivity contribution >= 4 is 77.8 Å². The zero-order valence-electron chi connectivity index (χ0n) is 69.7. The number of imidazole rings is 3. The van der Waals surface area contributed by atoms with E-state index in [2.05, 4.69) is 183 Å². The molecule has 724 valence electrons. The van der Waals surface area contributed by atoms with E-state index in [0.29, 0.717) is 32.6 Å². The van der Waals surface area contributed by atoms with Crippen molar-refractivity contribution in [2.45, 2.75) is 28.7 Å². The molecule has 9 amide bonds. The van der Waals surface area contributed by atoms with Crippen LogP contribution in [0.4, 0.5) is 4.79 Å². The van der Waals surface area contributed by atoms with E-state index < -0.39 is 23.2 Å². The van der Waals surface area contributed by atoms with Gasteiger partial charge in [0.15, 0.2) is 11.6 Å². The van der Waals surface area contributed by atoms with Crippen molar-refractivity contribution in [1.29, 1.82) is 0 Å². The van der Waals surface area contributed by atoms with E-state index in [1.165, 1.54) is 149 Å². The van der Waals surface area contributed by atoms with Gasteiger partial charge in [0.1, 0.15) is 51.1 Å². The number of hydrogen-bond acceptors (Lipinski definition) is 37. The van der Waals surface area contributed by atoms with Crippen LogP contribution in [0.15, 0.2) is 348 Å². The molecule has 0 unspecified atom stereocenters. The van der Waals surface area contributed by atoms with Crippen LogP contribution in [0.3, 0.4) is 0 Å². The summed E-state index contributed by atoms with van der Waals surface area (Å²) in [5.41, 5.74) is -1.91. The Morgan fingerprint density at radius 3 is 0.920 bits per heavy atom. The van der Waals surface area contributed by atoms with Crippen molar-refractivity contribution in [1.82, 2.24) is 183 Å². The zero-order valence-corrected chi connectivity index (χ0v) is 69.7. The maximum absolute atomic E-state index is 10.3. The normalized spacial score (nSPS) is 11.7. The molecule has 21 rings (SSSR count). The number of imide groups is 3. The summed E-state index contributed by atoms with van der Waals surface area (Å²) in [5.74, 6) is -1.28. The van der Waals surface area contributed by atoms with Crippen LogP contribution in [0.25, 0.3) is 0 Å². The second kappa shape index (κ2) is 86.2. The van der Waals surface area contributed by atoms with Crippen LogP contribution in [-0.4, -0.2) is 258 Å². The molecule has 0 saturated carbocycles. The number of amides is 9. The molecule has 0 aliphatic carbocycles. The highest BCUT2D eigenvalue weighted by Gasteiger charge is 2.14. The van der Waals surface area contributed by atoms with Gasteiger partial charge in [-0.05, 0) is 54.6 Å². The third-order valence-electron chi connectivity index (χ3n) is 11.9. The smallest absolute Gasteiger partial charge is 0.342 e. The quantitative estimate of drug-likeness (QED) is 0.0519. The summed E-state index contributed by atoms with van der Waals surface area (Å²) in [5, 5.41) is 47.3. The molecule has 21 heterocycles. The van der Waals surface area contributed by atoms with Crippen LogP contribution in [-0.2, 0) is 43.2 Å². The Labute approximate surface area is 772 Å². The number of H-pyrrole nitrogens is 15. The van der Waals surface area contributed by atoms with Crippen molar-refractivity contribution in [2.75, 3.05) is 39.3 Å². The van der Waals surface area contributed by atoms with E-state index >= 15 is 0 Å². The fourth-order valence-corrected chi connectivity index (χ4v) is 6.49. The van der Waals surface area contributed by atoms with E-state index in [4.69, 9.17) is 0 Å². The maximum Gasteiger partial charge on any atom is 0.342 e. The second-order valence-electron chi connectivity index (χ2n) is 22.2. The zero-order chi connectivity index (χ0) is 97.9. The monoisotopic (exact) mass is 1900 g/mol. The molecule has 0 atom stereocenters. The van der Waals surface area contributed by atoms with Gasteiger partial charge in [0.05, 0.1) is 76.4 Å². The number of carbonyl (C=O) groups excluding carboxylic acids is 10. The fourth-order valence-electron chi connectivity index (χ4n) is 6.49. The summed E-state index contributed by atoms with van der Waals surface area (Å²) in [6, 6.07) is 22.1. The van der Waals surface area contributed by atoms with Gasteiger partial charge in [-0.3, -0.25) is 133 Å². The number of ketones is 2. The molecule has 58 nitrogen and oxygen atoms in total. The average Bonchev–Trinajstić information content (AvgIpc) is 1.76. The molecule has 23 N–H and O–H groups in total. The van der Waals surface area contributed by atoms with Gasteiger partial charge in [0.25, 0.3) is 39.3 Å². The van der Waals surface area contributed by atoms with Crippen molar-refractivity contribution < 1.29 is 47.9 Å². The first-order chi connectivity index (χ1) is 65.0. The van der Waals surface area contributed by atoms with Crippen LogP contribution in [0.5, 0.6) is 0 Å². The Kier molecular flexibility index (Phi) is 75.8. The van der Waals surface area contributed by atoms with Crippen LogP contribution in [0.2, 0.25) is 0 Å². The van der Waals surface area contributed by atoms with Gasteiger partial charge < -0.3 is 71.4 Å². The topological polar surface area (TPSA) is 862 Å². The van der Waals surface area contributed by atoms with Gasteiger partial charge in [0.2, 0.25) is 46.6 Å². The minimum Gasteiger partial charge on any atom is -0.383 e. The van der Waals surface area contributed by atoms with Crippen LogP contribution in [0.1, 0.15) is 28.7 Å². The number of hydrogen-bond donors (Lipinski definition) is 23. The predicted molar refractivity (Wildman–Crippen MR) is 496 cm³/mol. The minimum atomic E-state index is -0.586. The number of urea groups is 1. The van der Waals surface area contributed by atoms with Crippen molar-refractivity contribution in [2.24, 2.45) is 15.0 Å². The second-order valence-corrected chi connectivity index (χ2v) is 22.2. The Morgan fingerprint density at radius 1 is 0.299 bits per heavy atom. The Bertz CT molecular complexity index is 5140. The van der Waals surface area contributed by atoms with Gasteiger partial charge >= 0.3 is 11.7 Å². The number of rotatable bonds is 0. The van der Waals surface area contributed by atoms with Gasteiger partial charge in [0, 0.05) is 154 Å². The summed E-state index contributed by atoms with van der Waals surface area (Å²) in [6.45, 7) is 1.78. The molecule has 14 aromatic rings. The van der Waals surface area contributed by atoms with Crippen molar-refractivity contribution in [3.05, 3.63) is 383 Å². The molecule has 1 saturated heterocycles. The average molecular weight is 1900 g/mol. The molecule has 7 aliphatic heterocycles. The van der Waals surface area contributed by atoms with E-state index in [-0.39, 0.29) is 121 Å². The van der Waals surface area contributed by atoms with Gasteiger partial charge in [-0.15, -0.1) is 0 Å². The number of nitrogens with one attached hydrogen (secondary N) is 23. The molecular weight excluding hydrogens is 1800 g/mol. The van der Waals surface area contributed by atoms with Crippen LogP contribution < -0.4 is 92.7 Å². The van der Waals surface area contributed by atoms with Crippen molar-refractivity contribution in [3.8, 4) is 0 Å².